The zero-order valence-corrected chi connectivity index (χ0v) is 24.9. The van der Waals surface area contributed by atoms with Crippen LogP contribution in [0.15, 0.2) is 83.2 Å². The van der Waals surface area contributed by atoms with Crippen molar-refractivity contribution < 1.29 is 17.9 Å². The zero-order chi connectivity index (χ0) is 28.3. The van der Waals surface area contributed by atoms with E-state index in [0.29, 0.717) is 32.9 Å². The van der Waals surface area contributed by atoms with Crippen LogP contribution in [-0.4, -0.2) is 51.1 Å². The number of benzene rings is 3. The molecule has 2 heterocycles. The molecule has 3 aromatic carbocycles. The summed E-state index contributed by atoms with van der Waals surface area (Å²) < 4.78 is 39.9. The number of anilines is 2. The van der Waals surface area contributed by atoms with Gasteiger partial charge in [0.1, 0.15) is 11.5 Å². The quantitative estimate of drug-likeness (QED) is 0.230. The van der Waals surface area contributed by atoms with Crippen LogP contribution in [0.3, 0.4) is 0 Å². The molecule has 1 fully saturated rings. The Kier molecular flexibility index (Phi) is 8.23. The van der Waals surface area contributed by atoms with E-state index in [1.54, 1.807) is 49.0 Å². The number of hydrogen-bond acceptors (Lipinski definition) is 8. The molecule has 40 heavy (non-hydrogen) atoms. The van der Waals surface area contributed by atoms with Crippen molar-refractivity contribution in [3.05, 3.63) is 94.5 Å². The molecule has 1 N–H and O–H groups in total. The number of nitrogens with zero attached hydrogens (tertiary/aromatic N) is 3. The maximum Gasteiger partial charge on any atom is 0.266 e. The number of sulfonamides is 1. The number of ether oxygens (including phenoxy) is 2. The van der Waals surface area contributed by atoms with Crippen molar-refractivity contribution in [3.8, 4) is 11.5 Å². The number of hydrogen-bond donors (Lipinski definition) is 1. The van der Waals surface area contributed by atoms with Gasteiger partial charge >= 0.3 is 0 Å². The molecular formula is C29H31ClN4O4S2. The summed E-state index contributed by atoms with van der Waals surface area (Å²) in [6.45, 7) is 4.74. The minimum atomic E-state index is -4.01. The predicted octanol–water partition coefficient (Wildman–Crippen LogP) is 5.90. The summed E-state index contributed by atoms with van der Waals surface area (Å²) in [4.78, 5) is 6.72. The number of halogens is 1. The topological polar surface area (TPSA) is 84.0 Å². The fraction of sp³-hybridized carbons (Fsp3) is 0.276. The first-order valence-corrected chi connectivity index (χ1v) is 15.4. The molecule has 0 saturated carbocycles. The van der Waals surface area contributed by atoms with Crippen molar-refractivity contribution in [3.63, 3.8) is 0 Å². The van der Waals surface area contributed by atoms with Gasteiger partial charge in [0, 0.05) is 42.8 Å². The lowest BCUT2D eigenvalue weighted by atomic mass is 9.91. The van der Waals surface area contributed by atoms with Gasteiger partial charge in [0.15, 0.2) is 5.13 Å². The first-order valence-electron chi connectivity index (χ1n) is 12.7. The third-order valence-corrected chi connectivity index (χ3v) is 9.75. The fourth-order valence-corrected chi connectivity index (χ4v) is 7.50. The first-order chi connectivity index (χ1) is 19.2. The van der Waals surface area contributed by atoms with E-state index in [2.05, 4.69) is 34.3 Å². The molecule has 1 aromatic heterocycles. The van der Waals surface area contributed by atoms with E-state index >= 15 is 0 Å². The lowest BCUT2D eigenvalue weighted by Gasteiger charge is -2.49. The first kappa shape index (κ1) is 28.2. The SMILES string of the molecule is COc1ccc(CN(c2nccs2)S(=O)(=O)c2ccc(NC3(C)CN(Cc4ccccc4)C3)c(Cl)c2)c(OC)c1. The highest BCUT2D eigenvalue weighted by Crippen LogP contribution is 2.35. The number of aromatic nitrogens is 1. The van der Waals surface area contributed by atoms with Gasteiger partial charge in [-0.2, -0.15) is 0 Å². The molecule has 1 aliphatic rings. The van der Waals surface area contributed by atoms with Gasteiger partial charge in [-0.15, -0.1) is 11.3 Å². The van der Waals surface area contributed by atoms with Gasteiger partial charge in [-0.25, -0.2) is 17.7 Å². The van der Waals surface area contributed by atoms with Gasteiger partial charge in [0.2, 0.25) is 0 Å². The average Bonchev–Trinajstić information content (AvgIpc) is 3.47. The van der Waals surface area contributed by atoms with Crippen LogP contribution in [0.2, 0.25) is 5.02 Å². The maximum absolute atomic E-state index is 13.9. The van der Waals surface area contributed by atoms with Crippen molar-refractivity contribution in [1.29, 1.82) is 0 Å². The average molecular weight is 599 g/mol. The molecule has 0 bridgehead atoms. The lowest BCUT2D eigenvalue weighted by molar-refractivity contribution is 0.0906. The molecule has 4 aromatic rings. The van der Waals surface area contributed by atoms with Crippen LogP contribution in [0.1, 0.15) is 18.1 Å². The molecule has 8 nitrogen and oxygen atoms in total. The molecule has 0 amide bonds. The van der Waals surface area contributed by atoms with Gasteiger partial charge in [0.25, 0.3) is 10.0 Å². The van der Waals surface area contributed by atoms with Crippen LogP contribution in [0.4, 0.5) is 10.8 Å². The maximum atomic E-state index is 13.9. The van der Waals surface area contributed by atoms with Crippen LogP contribution >= 0.6 is 22.9 Å². The molecule has 0 spiro atoms. The van der Waals surface area contributed by atoms with Crippen LogP contribution < -0.4 is 19.1 Å². The summed E-state index contributed by atoms with van der Waals surface area (Å²) in [5.41, 5.74) is 2.47. The Balaban J connectivity index is 1.34. The highest BCUT2D eigenvalue weighted by Gasteiger charge is 2.39. The van der Waals surface area contributed by atoms with Crippen molar-refractivity contribution in [1.82, 2.24) is 9.88 Å². The minimum Gasteiger partial charge on any atom is -0.497 e. The van der Waals surface area contributed by atoms with Gasteiger partial charge in [-0.1, -0.05) is 41.9 Å². The fourth-order valence-electron chi connectivity index (χ4n) is 4.91. The second kappa shape index (κ2) is 11.7. The van der Waals surface area contributed by atoms with Crippen molar-refractivity contribution in [2.75, 3.05) is 36.9 Å². The smallest absolute Gasteiger partial charge is 0.266 e. The number of nitrogens with one attached hydrogen (secondary N) is 1. The van der Waals surface area contributed by atoms with Crippen LogP contribution in [0.25, 0.3) is 0 Å². The Hall–Kier alpha value is -3.31. The lowest BCUT2D eigenvalue weighted by Crippen LogP contribution is -2.63. The highest BCUT2D eigenvalue weighted by atomic mass is 35.5. The number of thiazole rings is 1. The van der Waals surface area contributed by atoms with E-state index in [4.69, 9.17) is 21.1 Å². The van der Waals surface area contributed by atoms with Crippen molar-refractivity contribution in [2.45, 2.75) is 30.4 Å². The monoisotopic (exact) mass is 598 g/mol. The van der Waals surface area contributed by atoms with E-state index in [0.717, 1.165) is 19.6 Å². The summed E-state index contributed by atoms with van der Waals surface area (Å²) >= 11 is 7.89. The highest BCUT2D eigenvalue weighted by molar-refractivity contribution is 7.93. The van der Waals surface area contributed by atoms with E-state index in [1.807, 2.05) is 18.2 Å². The zero-order valence-electron chi connectivity index (χ0n) is 22.5. The standard InChI is InChI=1S/C29H31ClN4O4S2/c1-29(19-33(20-29)17-21-7-5-4-6-8-21)32-26-12-11-24(16-25(26)30)40(35,36)34(28-31-13-14-39-28)18-22-9-10-23(37-2)15-27(22)38-3/h4-16,32H,17-20H2,1-3H3. The van der Waals surface area contributed by atoms with E-state index in [1.165, 1.54) is 34.4 Å². The van der Waals surface area contributed by atoms with Crippen molar-refractivity contribution in [2.24, 2.45) is 0 Å². The number of rotatable bonds is 11. The molecular weight excluding hydrogens is 568 g/mol. The predicted molar refractivity (Wildman–Crippen MR) is 160 cm³/mol. The molecule has 210 valence electrons. The van der Waals surface area contributed by atoms with Crippen LogP contribution in [-0.2, 0) is 23.1 Å². The Bertz CT molecular complexity index is 1560. The molecule has 0 atom stereocenters. The molecule has 1 saturated heterocycles. The minimum absolute atomic E-state index is 0.0238. The third-order valence-electron chi connectivity index (χ3n) is 6.80. The number of methoxy groups -OCH3 is 2. The van der Waals surface area contributed by atoms with E-state index in [9.17, 15) is 8.42 Å². The summed E-state index contributed by atoms with van der Waals surface area (Å²) in [6, 6.07) is 20.4. The van der Waals surface area contributed by atoms with Gasteiger partial charge < -0.3 is 14.8 Å². The third kappa shape index (κ3) is 6.05. The van der Waals surface area contributed by atoms with Crippen LogP contribution in [0.5, 0.6) is 11.5 Å². The summed E-state index contributed by atoms with van der Waals surface area (Å²) in [6.07, 6.45) is 1.58. The van der Waals surface area contributed by atoms with Gasteiger partial charge in [-0.05, 0) is 42.8 Å². The van der Waals surface area contributed by atoms with Crippen molar-refractivity contribution >= 4 is 43.8 Å². The van der Waals surface area contributed by atoms with E-state index in [-0.39, 0.29) is 17.0 Å². The normalized spacial score (nSPS) is 14.8. The van der Waals surface area contributed by atoms with E-state index < -0.39 is 10.0 Å². The molecule has 0 unspecified atom stereocenters. The molecule has 1 aliphatic heterocycles. The Morgan fingerprint density at radius 3 is 2.50 bits per heavy atom. The summed E-state index contributed by atoms with van der Waals surface area (Å²) in [5, 5.41) is 5.94. The molecule has 5 rings (SSSR count). The van der Waals surface area contributed by atoms with Gasteiger partial charge in [0.05, 0.1) is 41.9 Å². The molecule has 0 aliphatic carbocycles. The molecule has 0 radical (unpaired) electrons. The molecule has 11 heteroatoms. The second-order valence-electron chi connectivity index (χ2n) is 9.96. The Morgan fingerprint density at radius 1 is 1.07 bits per heavy atom. The summed E-state index contributed by atoms with van der Waals surface area (Å²) in [7, 11) is -0.905. The largest absolute Gasteiger partial charge is 0.497 e. The Morgan fingerprint density at radius 2 is 1.85 bits per heavy atom. The Labute approximate surface area is 244 Å². The summed E-state index contributed by atoms with van der Waals surface area (Å²) in [5.74, 6) is 1.13. The van der Waals surface area contributed by atoms with Gasteiger partial charge in [-0.3, -0.25) is 4.90 Å². The number of likely N-dealkylation sites (tertiary alicyclic amines) is 1. The van der Waals surface area contributed by atoms with Crippen LogP contribution in [0, 0.1) is 0 Å². The second-order valence-corrected chi connectivity index (χ2v) is 13.1.